The van der Waals surface area contributed by atoms with Crippen molar-refractivity contribution in [1.82, 2.24) is 14.9 Å². The number of aliphatic imine (C=N–C) groups is 1. The van der Waals surface area contributed by atoms with Gasteiger partial charge in [0.2, 0.25) is 0 Å². The highest BCUT2D eigenvalue weighted by atomic mass is 127. The quantitative estimate of drug-likeness (QED) is 0.461. The molecule has 1 aromatic heterocycles. The van der Waals surface area contributed by atoms with Gasteiger partial charge in [-0.05, 0) is 30.9 Å². The summed E-state index contributed by atoms with van der Waals surface area (Å²) in [4.78, 5) is 8.75. The number of nitrogens with zero attached hydrogens (tertiary/aromatic N) is 3. The molecule has 2 aromatic rings. The standard InChI is InChI=1S/C15H21N5.HI/c16-15(18-10-12-4-3-5-12)17-8-9-20-11-19-13-6-1-2-7-14(13)20;/h1-2,6-7,11-12H,3-5,8-10H2,(H3,16,17,18);1H. The molecular weight excluding hydrogens is 377 g/mol. The van der Waals surface area contributed by atoms with E-state index in [2.05, 4.69) is 25.9 Å². The Balaban J connectivity index is 0.00000161. The van der Waals surface area contributed by atoms with E-state index in [-0.39, 0.29) is 24.0 Å². The molecule has 0 radical (unpaired) electrons. The molecule has 0 atom stereocenters. The Kier molecular flexibility index (Phi) is 5.84. The van der Waals surface area contributed by atoms with Gasteiger partial charge in [-0.25, -0.2) is 4.98 Å². The average molecular weight is 399 g/mol. The van der Waals surface area contributed by atoms with Crippen molar-refractivity contribution in [3.05, 3.63) is 30.6 Å². The molecule has 0 aliphatic heterocycles. The summed E-state index contributed by atoms with van der Waals surface area (Å²) in [5, 5.41) is 3.17. The predicted molar refractivity (Wildman–Crippen MR) is 97.0 cm³/mol. The molecule has 114 valence electrons. The maximum absolute atomic E-state index is 5.87. The third kappa shape index (κ3) is 4.09. The van der Waals surface area contributed by atoms with E-state index in [1.54, 1.807) is 0 Å². The highest BCUT2D eigenvalue weighted by Crippen LogP contribution is 2.26. The molecule has 0 bridgehead atoms. The molecule has 3 rings (SSSR count). The van der Waals surface area contributed by atoms with Crippen LogP contribution in [-0.2, 0) is 6.54 Å². The number of hydrogen-bond donors (Lipinski definition) is 2. The molecule has 1 aliphatic rings. The van der Waals surface area contributed by atoms with E-state index >= 15 is 0 Å². The molecule has 1 aromatic carbocycles. The fourth-order valence-corrected chi connectivity index (χ4v) is 2.45. The Hall–Kier alpha value is -1.31. The highest BCUT2D eigenvalue weighted by molar-refractivity contribution is 14.0. The zero-order valence-electron chi connectivity index (χ0n) is 12.0. The summed E-state index contributed by atoms with van der Waals surface area (Å²) >= 11 is 0. The predicted octanol–water partition coefficient (Wildman–Crippen LogP) is 2.36. The molecule has 0 unspecified atom stereocenters. The van der Waals surface area contributed by atoms with Gasteiger partial charge in [-0.1, -0.05) is 18.6 Å². The van der Waals surface area contributed by atoms with Crippen LogP contribution in [-0.4, -0.2) is 28.6 Å². The van der Waals surface area contributed by atoms with Gasteiger partial charge in [-0.3, -0.25) is 4.99 Å². The molecular formula is C15H22IN5. The van der Waals surface area contributed by atoms with E-state index in [4.69, 9.17) is 5.73 Å². The number of aromatic nitrogens is 2. The van der Waals surface area contributed by atoms with Crippen LogP contribution >= 0.6 is 24.0 Å². The van der Waals surface area contributed by atoms with Crippen LogP contribution in [0.15, 0.2) is 35.6 Å². The van der Waals surface area contributed by atoms with Crippen LogP contribution in [0, 0.1) is 5.92 Å². The van der Waals surface area contributed by atoms with E-state index in [0.717, 1.165) is 36.6 Å². The lowest BCUT2D eigenvalue weighted by atomic mass is 9.86. The number of para-hydroxylation sites is 2. The maximum Gasteiger partial charge on any atom is 0.188 e. The Morgan fingerprint density at radius 2 is 2.19 bits per heavy atom. The molecule has 1 heterocycles. The number of nitrogens with two attached hydrogens (primary N) is 1. The van der Waals surface area contributed by atoms with Crippen molar-refractivity contribution in [3.63, 3.8) is 0 Å². The second kappa shape index (κ2) is 7.63. The van der Waals surface area contributed by atoms with E-state index in [1.165, 1.54) is 19.3 Å². The summed E-state index contributed by atoms with van der Waals surface area (Å²) in [6.45, 7) is 2.47. The second-order valence-electron chi connectivity index (χ2n) is 5.38. The topological polar surface area (TPSA) is 68.2 Å². The summed E-state index contributed by atoms with van der Waals surface area (Å²) in [5.74, 6) is 1.31. The van der Waals surface area contributed by atoms with Crippen LogP contribution in [0.5, 0.6) is 0 Å². The van der Waals surface area contributed by atoms with Crippen LogP contribution in [0.2, 0.25) is 0 Å². The zero-order chi connectivity index (χ0) is 13.8. The lowest BCUT2D eigenvalue weighted by Crippen LogP contribution is -2.34. The Morgan fingerprint density at radius 1 is 1.38 bits per heavy atom. The number of hydrogen-bond acceptors (Lipinski definition) is 2. The second-order valence-corrected chi connectivity index (χ2v) is 5.38. The van der Waals surface area contributed by atoms with Crippen LogP contribution in [0.1, 0.15) is 19.3 Å². The number of guanidine groups is 1. The zero-order valence-corrected chi connectivity index (χ0v) is 14.4. The van der Waals surface area contributed by atoms with E-state index < -0.39 is 0 Å². The normalized spacial score (nSPS) is 15.5. The minimum Gasteiger partial charge on any atom is -0.370 e. The van der Waals surface area contributed by atoms with Crippen LogP contribution in [0.3, 0.4) is 0 Å². The van der Waals surface area contributed by atoms with Gasteiger partial charge in [0.05, 0.1) is 17.4 Å². The third-order valence-corrected chi connectivity index (χ3v) is 3.93. The van der Waals surface area contributed by atoms with Gasteiger partial charge >= 0.3 is 0 Å². The summed E-state index contributed by atoms with van der Waals surface area (Å²) in [6, 6.07) is 8.13. The van der Waals surface area contributed by atoms with Crippen molar-refractivity contribution in [2.24, 2.45) is 16.6 Å². The van der Waals surface area contributed by atoms with Crippen LogP contribution in [0.4, 0.5) is 0 Å². The van der Waals surface area contributed by atoms with Gasteiger partial charge in [0.25, 0.3) is 0 Å². The molecule has 1 aliphatic carbocycles. The minimum absolute atomic E-state index is 0. The molecule has 0 spiro atoms. The summed E-state index contributed by atoms with van der Waals surface area (Å²) < 4.78 is 2.13. The van der Waals surface area contributed by atoms with E-state index in [1.807, 2.05) is 24.5 Å². The van der Waals surface area contributed by atoms with Crippen molar-refractivity contribution in [3.8, 4) is 0 Å². The number of halogens is 1. The van der Waals surface area contributed by atoms with Gasteiger partial charge in [0, 0.05) is 19.6 Å². The first kappa shape index (κ1) is 16.1. The first-order chi connectivity index (χ1) is 9.83. The number of benzene rings is 1. The summed E-state index contributed by atoms with van der Waals surface area (Å²) in [6.07, 6.45) is 5.82. The number of rotatable bonds is 5. The van der Waals surface area contributed by atoms with Crippen molar-refractivity contribution >= 4 is 41.0 Å². The Morgan fingerprint density at radius 3 is 2.95 bits per heavy atom. The molecule has 0 amide bonds. The fraction of sp³-hybridized carbons (Fsp3) is 0.467. The molecule has 21 heavy (non-hydrogen) atoms. The largest absolute Gasteiger partial charge is 0.370 e. The molecule has 0 saturated heterocycles. The fourth-order valence-electron chi connectivity index (χ4n) is 2.45. The van der Waals surface area contributed by atoms with Crippen molar-refractivity contribution in [2.45, 2.75) is 25.8 Å². The van der Waals surface area contributed by atoms with Gasteiger partial charge in [0.1, 0.15) is 0 Å². The van der Waals surface area contributed by atoms with Crippen molar-refractivity contribution < 1.29 is 0 Å². The maximum atomic E-state index is 5.87. The average Bonchev–Trinajstić information content (AvgIpc) is 2.81. The Bertz CT molecular complexity index is 603. The number of fused-ring (bicyclic) bond motifs is 1. The first-order valence-corrected chi connectivity index (χ1v) is 7.26. The van der Waals surface area contributed by atoms with Crippen LogP contribution < -0.4 is 11.1 Å². The highest BCUT2D eigenvalue weighted by Gasteiger charge is 2.16. The lowest BCUT2D eigenvalue weighted by Gasteiger charge is -2.23. The van der Waals surface area contributed by atoms with Crippen molar-refractivity contribution in [1.29, 1.82) is 0 Å². The summed E-state index contributed by atoms with van der Waals surface area (Å²) in [5.41, 5.74) is 8.05. The third-order valence-electron chi connectivity index (χ3n) is 3.93. The molecule has 5 nitrogen and oxygen atoms in total. The molecule has 6 heteroatoms. The lowest BCUT2D eigenvalue weighted by molar-refractivity contribution is 0.326. The SMILES string of the molecule is I.NC(=NCC1CCC1)NCCn1cnc2ccccc21. The monoisotopic (exact) mass is 399 g/mol. The molecule has 3 N–H and O–H groups in total. The summed E-state index contributed by atoms with van der Waals surface area (Å²) in [7, 11) is 0. The molecule has 1 saturated carbocycles. The molecule has 1 fully saturated rings. The van der Waals surface area contributed by atoms with Gasteiger partial charge in [-0.15, -0.1) is 24.0 Å². The van der Waals surface area contributed by atoms with Gasteiger partial charge < -0.3 is 15.6 Å². The van der Waals surface area contributed by atoms with Gasteiger partial charge in [0.15, 0.2) is 5.96 Å². The minimum atomic E-state index is 0. The van der Waals surface area contributed by atoms with Crippen LogP contribution in [0.25, 0.3) is 11.0 Å². The van der Waals surface area contributed by atoms with E-state index in [0.29, 0.717) is 5.96 Å². The van der Waals surface area contributed by atoms with E-state index in [9.17, 15) is 0 Å². The Labute approximate surface area is 142 Å². The van der Waals surface area contributed by atoms with Gasteiger partial charge in [-0.2, -0.15) is 0 Å². The smallest absolute Gasteiger partial charge is 0.188 e. The number of imidazole rings is 1. The first-order valence-electron chi connectivity index (χ1n) is 7.26. The van der Waals surface area contributed by atoms with Crippen molar-refractivity contribution in [2.75, 3.05) is 13.1 Å². The number of nitrogens with one attached hydrogen (secondary N) is 1.